The van der Waals surface area contributed by atoms with Crippen LogP contribution in [0.15, 0.2) is 11.6 Å². The largest absolute Gasteiger partial charge is 0.380 e. The molecule has 1 fully saturated rings. The molecule has 2 heteroatoms. The van der Waals surface area contributed by atoms with E-state index in [1.165, 1.54) is 37.7 Å². The summed E-state index contributed by atoms with van der Waals surface area (Å²) >= 11 is 0. The number of allylic oxidation sites excluding steroid dienone is 1. The topological polar surface area (TPSA) is 35.2 Å². The highest BCUT2D eigenvalue weighted by Crippen LogP contribution is 2.26. The van der Waals surface area contributed by atoms with E-state index in [0.29, 0.717) is 0 Å². The van der Waals surface area contributed by atoms with Gasteiger partial charge in [-0.3, -0.25) is 0 Å². The number of hydrogen-bond acceptors (Lipinski definition) is 2. The fraction of sp³-hybridized carbons (Fsp3) is 0.846. The lowest BCUT2D eigenvalue weighted by molar-refractivity contribution is 0.221. The van der Waals surface area contributed by atoms with Crippen molar-refractivity contribution in [2.75, 3.05) is 20.3 Å². The number of hydrogen-bond donors (Lipinski definition) is 1. The minimum atomic E-state index is 0.783. The van der Waals surface area contributed by atoms with E-state index in [2.05, 4.69) is 6.08 Å². The van der Waals surface area contributed by atoms with Crippen molar-refractivity contribution in [1.29, 1.82) is 0 Å². The summed E-state index contributed by atoms with van der Waals surface area (Å²) in [4.78, 5) is 0. The lowest BCUT2D eigenvalue weighted by Gasteiger charge is -2.19. The lowest BCUT2D eigenvalue weighted by Crippen LogP contribution is -2.07. The molecule has 0 radical (unpaired) electrons. The molecule has 0 saturated heterocycles. The van der Waals surface area contributed by atoms with E-state index in [1.807, 2.05) is 0 Å². The molecular formula is C13H25NO. The van der Waals surface area contributed by atoms with Gasteiger partial charge in [-0.1, -0.05) is 25.3 Å². The first kappa shape index (κ1) is 12.7. The molecule has 88 valence electrons. The van der Waals surface area contributed by atoms with Gasteiger partial charge in [0.1, 0.15) is 0 Å². The summed E-state index contributed by atoms with van der Waals surface area (Å²) in [6, 6.07) is 0. The van der Waals surface area contributed by atoms with Crippen molar-refractivity contribution in [3.05, 3.63) is 11.6 Å². The van der Waals surface area contributed by atoms with Crippen molar-refractivity contribution in [3.63, 3.8) is 0 Å². The van der Waals surface area contributed by atoms with Crippen molar-refractivity contribution < 1.29 is 4.74 Å². The Hall–Kier alpha value is -0.340. The zero-order valence-corrected chi connectivity index (χ0v) is 10.0. The third-order valence-corrected chi connectivity index (χ3v) is 3.15. The summed E-state index contributed by atoms with van der Waals surface area (Å²) < 4.78 is 5.23. The van der Waals surface area contributed by atoms with Crippen LogP contribution in [0.4, 0.5) is 0 Å². The summed E-state index contributed by atoms with van der Waals surface area (Å²) in [6.07, 6.45) is 11.6. The van der Waals surface area contributed by atoms with Gasteiger partial charge in [-0.15, -0.1) is 0 Å². The average molecular weight is 211 g/mol. The van der Waals surface area contributed by atoms with Crippen LogP contribution in [0.25, 0.3) is 0 Å². The van der Waals surface area contributed by atoms with Gasteiger partial charge >= 0.3 is 0 Å². The van der Waals surface area contributed by atoms with Gasteiger partial charge in [0.2, 0.25) is 0 Å². The van der Waals surface area contributed by atoms with Gasteiger partial charge in [0.25, 0.3) is 0 Å². The van der Waals surface area contributed by atoms with E-state index in [9.17, 15) is 0 Å². The summed E-state index contributed by atoms with van der Waals surface area (Å²) in [5, 5.41) is 0. The van der Waals surface area contributed by atoms with Crippen molar-refractivity contribution >= 4 is 0 Å². The van der Waals surface area contributed by atoms with Crippen LogP contribution in [0.5, 0.6) is 0 Å². The van der Waals surface area contributed by atoms with E-state index >= 15 is 0 Å². The number of ether oxygens (including phenoxy) is 1. The second-order valence-electron chi connectivity index (χ2n) is 4.55. The average Bonchev–Trinajstić information content (AvgIpc) is 2.28. The second-order valence-corrected chi connectivity index (χ2v) is 4.55. The second kappa shape index (κ2) is 7.89. The first-order valence-electron chi connectivity index (χ1n) is 6.25. The van der Waals surface area contributed by atoms with Gasteiger partial charge in [-0.05, 0) is 43.7 Å². The summed E-state index contributed by atoms with van der Waals surface area (Å²) in [5.74, 6) is 0.807. The van der Waals surface area contributed by atoms with Gasteiger partial charge in [-0.2, -0.15) is 0 Å². The van der Waals surface area contributed by atoms with Crippen LogP contribution < -0.4 is 5.73 Å². The first-order chi connectivity index (χ1) is 7.36. The molecule has 15 heavy (non-hydrogen) atoms. The minimum absolute atomic E-state index is 0.783. The molecule has 0 aromatic carbocycles. The van der Waals surface area contributed by atoms with Crippen molar-refractivity contribution in [2.45, 2.75) is 44.9 Å². The molecular weight excluding hydrogens is 186 g/mol. The Morgan fingerprint density at radius 2 is 2.07 bits per heavy atom. The van der Waals surface area contributed by atoms with Crippen LogP contribution in [0.2, 0.25) is 0 Å². The predicted octanol–water partition coefficient (Wildman–Crippen LogP) is 2.88. The highest BCUT2D eigenvalue weighted by molar-refractivity contribution is 5.05. The molecule has 1 rings (SSSR count). The monoisotopic (exact) mass is 211 g/mol. The smallest absolute Gasteiger partial charge is 0.0673 e. The third kappa shape index (κ3) is 5.33. The third-order valence-electron chi connectivity index (χ3n) is 3.15. The van der Waals surface area contributed by atoms with Crippen LogP contribution in [0, 0.1) is 5.92 Å². The molecule has 2 N–H and O–H groups in total. The fourth-order valence-corrected chi connectivity index (χ4v) is 2.35. The molecule has 0 spiro atoms. The summed E-state index contributed by atoms with van der Waals surface area (Å²) in [6.45, 7) is 1.57. The molecule has 0 aromatic heterocycles. The highest BCUT2D eigenvalue weighted by atomic mass is 16.5. The Kier molecular flexibility index (Phi) is 6.69. The van der Waals surface area contributed by atoms with Gasteiger partial charge in [0.05, 0.1) is 6.61 Å². The molecule has 0 aromatic rings. The molecule has 0 atom stereocenters. The first-order valence-corrected chi connectivity index (χ1v) is 6.25. The molecule has 0 heterocycles. The van der Waals surface area contributed by atoms with Crippen LogP contribution >= 0.6 is 0 Å². The molecule has 1 aliphatic rings. The lowest BCUT2D eigenvalue weighted by atomic mass is 9.87. The van der Waals surface area contributed by atoms with Crippen molar-refractivity contribution in [1.82, 2.24) is 0 Å². The zero-order valence-electron chi connectivity index (χ0n) is 10.0. The Morgan fingerprint density at radius 3 is 2.67 bits per heavy atom. The van der Waals surface area contributed by atoms with Crippen LogP contribution in [-0.2, 0) is 4.74 Å². The van der Waals surface area contributed by atoms with E-state index in [4.69, 9.17) is 10.5 Å². The van der Waals surface area contributed by atoms with Crippen LogP contribution in [-0.4, -0.2) is 20.3 Å². The van der Waals surface area contributed by atoms with Crippen molar-refractivity contribution in [3.8, 4) is 0 Å². The minimum Gasteiger partial charge on any atom is -0.380 e. The maximum Gasteiger partial charge on any atom is 0.0673 e. The highest BCUT2D eigenvalue weighted by Gasteiger charge is 2.11. The van der Waals surface area contributed by atoms with E-state index < -0.39 is 0 Å². The Morgan fingerprint density at radius 1 is 1.33 bits per heavy atom. The maximum atomic E-state index is 5.54. The Balaban J connectivity index is 2.40. The van der Waals surface area contributed by atoms with Crippen LogP contribution in [0.1, 0.15) is 44.9 Å². The number of methoxy groups -OCH3 is 1. The quantitative estimate of drug-likeness (QED) is 0.686. The fourth-order valence-electron chi connectivity index (χ4n) is 2.35. The van der Waals surface area contributed by atoms with E-state index in [-0.39, 0.29) is 0 Å². The maximum absolute atomic E-state index is 5.54. The molecule has 0 aliphatic heterocycles. The number of rotatable bonds is 6. The summed E-state index contributed by atoms with van der Waals surface area (Å²) in [7, 11) is 1.77. The normalized spacial score (nSPS) is 19.5. The van der Waals surface area contributed by atoms with Gasteiger partial charge in [0, 0.05) is 7.11 Å². The van der Waals surface area contributed by atoms with Gasteiger partial charge < -0.3 is 10.5 Å². The van der Waals surface area contributed by atoms with Crippen LogP contribution in [0.3, 0.4) is 0 Å². The van der Waals surface area contributed by atoms with E-state index in [1.54, 1.807) is 7.11 Å². The predicted molar refractivity (Wildman–Crippen MR) is 64.8 cm³/mol. The zero-order chi connectivity index (χ0) is 10.9. The Labute approximate surface area is 93.9 Å². The Bertz CT molecular complexity index is 183. The van der Waals surface area contributed by atoms with E-state index in [0.717, 1.165) is 31.9 Å². The molecule has 0 bridgehead atoms. The standard InChI is InChI=1S/C13H25NO/c1-15-11-13(8-5-9-14)10-12-6-3-2-4-7-12/h10,12H,2-9,11,14H2,1H3. The molecule has 0 amide bonds. The molecule has 2 nitrogen and oxygen atoms in total. The molecule has 0 unspecified atom stereocenters. The number of nitrogens with two attached hydrogens (primary N) is 1. The molecule has 1 saturated carbocycles. The van der Waals surface area contributed by atoms with Gasteiger partial charge in [0.15, 0.2) is 0 Å². The van der Waals surface area contributed by atoms with Crippen molar-refractivity contribution in [2.24, 2.45) is 11.7 Å². The van der Waals surface area contributed by atoms with Gasteiger partial charge in [-0.25, -0.2) is 0 Å². The SMILES string of the molecule is COCC(=CC1CCCCC1)CCCN. The summed E-state index contributed by atoms with van der Waals surface area (Å²) in [5.41, 5.74) is 6.99. The molecule has 1 aliphatic carbocycles.